The molecule has 53 heavy (non-hydrogen) atoms. The molecule has 0 radical (unpaired) electrons. The number of fused-ring (bicyclic) bond motifs is 5. The summed E-state index contributed by atoms with van der Waals surface area (Å²) in [5, 5.41) is 2.32. The summed E-state index contributed by atoms with van der Waals surface area (Å²) in [6.07, 6.45) is 14.6. The minimum atomic E-state index is 0.0514. The molecule has 6 aromatic carbocycles. The first-order valence-corrected chi connectivity index (χ1v) is 20.3. The van der Waals surface area contributed by atoms with Crippen LogP contribution < -0.4 is 4.90 Å². The first-order chi connectivity index (χ1) is 26.2. The molecule has 0 aliphatic heterocycles. The average Bonchev–Trinajstić information content (AvgIpc) is 3.95. The largest absolute Gasteiger partial charge is 0.456 e. The van der Waals surface area contributed by atoms with Crippen LogP contribution in [0.1, 0.15) is 93.2 Å². The second-order valence-corrected chi connectivity index (χ2v) is 16.3. The Labute approximate surface area is 314 Å². The molecule has 7 aromatic rings. The van der Waals surface area contributed by atoms with Gasteiger partial charge in [0.05, 0.1) is 0 Å². The van der Waals surface area contributed by atoms with Crippen LogP contribution in [0.25, 0.3) is 33.1 Å². The summed E-state index contributed by atoms with van der Waals surface area (Å²) in [6, 6.07) is 54.5. The van der Waals surface area contributed by atoms with Crippen LogP contribution in [-0.2, 0) is 5.41 Å². The summed E-state index contributed by atoms with van der Waals surface area (Å²) in [5.74, 6) is 2.53. The highest BCUT2D eigenvalue weighted by molar-refractivity contribution is 6.13. The Morgan fingerprint density at radius 2 is 1.19 bits per heavy atom. The van der Waals surface area contributed by atoms with Crippen LogP contribution in [0, 0.1) is 11.8 Å². The molecule has 3 aliphatic carbocycles. The van der Waals surface area contributed by atoms with E-state index in [2.05, 4.69) is 150 Å². The van der Waals surface area contributed by atoms with E-state index < -0.39 is 0 Å². The molecule has 3 unspecified atom stereocenters. The smallest absolute Gasteiger partial charge is 0.136 e. The Balaban J connectivity index is 1.09. The first-order valence-electron chi connectivity index (χ1n) is 20.3. The van der Waals surface area contributed by atoms with Gasteiger partial charge in [0, 0.05) is 33.2 Å². The van der Waals surface area contributed by atoms with Gasteiger partial charge in [0.15, 0.2) is 0 Å². The Hall–Kier alpha value is -5.08. The van der Waals surface area contributed by atoms with Crippen molar-refractivity contribution in [3.63, 3.8) is 0 Å². The van der Waals surface area contributed by atoms with Gasteiger partial charge >= 0.3 is 0 Å². The van der Waals surface area contributed by atoms with Crippen LogP contribution in [-0.4, -0.2) is 0 Å². The van der Waals surface area contributed by atoms with E-state index in [1.807, 2.05) is 0 Å². The maximum Gasteiger partial charge on any atom is 0.136 e. The molecule has 10 rings (SSSR count). The number of rotatable bonds is 7. The number of furan rings is 1. The van der Waals surface area contributed by atoms with Crippen molar-refractivity contribution in [3.05, 3.63) is 162 Å². The molecule has 0 amide bonds. The SMILES string of the molecule is c1ccc(-c2cccc3oc4ccc(N(c5ccc(C6CC7CCC6C7)cc5)c5ccc(C6(c7ccccc7)CCCCCCC6)cc5)cc4c23)cc1. The van der Waals surface area contributed by atoms with Gasteiger partial charge in [-0.3, -0.25) is 0 Å². The van der Waals surface area contributed by atoms with Gasteiger partial charge in [0.25, 0.3) is 0 Å². The topological polar surface area (TPSA) is 16.4 Å². The van der Waals surface area contributed by atoms with Gasteiger partial charge in [-0.15, -0.1) is 0 Å². The third kappa shape index (κ3) is 5.88. The molecular weight excluding hydrogens is 643 g/mol. The van der Waals surface area contributed by atoms with Crippen molar-refractivity contribution in [1.29, 1.82) is 0 Å². The molecule has 0 N–H and O–H groups in total. The standard InChI is InChI=1S/C51H49NO/c1-2-10-31-51(32-11-3-1,40-15-8-5-9-16-40)41-23-27-43(28-24-41)52(42-25-21-38(22-26-42)46-34-36-19-20-39(46)33-36)44-29-30-48-47(35-44)50-45(17-12-18-49(50)53-48)37-13-6-4-7-14-37/h4-9,12-18,21-30,35-36,39,46H,1-3,10-11,19-20,31-34H2. The van der Waals surface area contributed by atoms with Crippen molar-refractivity contribution in [1.82, 2.24) is 0 Å². The zero-order valence-corrected chi connectivity index (χ0v) is 30.7. The Morgan fingerprint density at radius 1 is 0.528 bits per heavy atom. The van der Waals surface area contributed by atoms with E-state index in [0.717, 1.165) is 40.0 Å². The van der Waals surface area contributed by atoms with E-state index in [1.54, 1.807) is 0 Å². The molecule has 2 bridgehead atoms. The predicted molar refractivity (Wildman–Crippen MR) is 222 cm³/mol. The number of nitrogens with zero attached hydrogens (tertiary/aromatic N) is 1. The van der Waals surface area contributed by atoms with Crippen molar-refractivity contribution >= 4 is 39.0 Å². The van der Waals surface area contributed by atoms with Crippen LogP contribution in [0.5, 0.6) is 0 Å². The van der Waals surface area contributed by atoms with Gasteiger partial charge < -0.3 is 9.32 Å². The van der Waals surface area contributed by atoms with E-state index in [9.17, 15) is 0 Å². The van der Waals surface area contributed by atoms with Crippen molar-refractivity contribution in [2.75, 3.05) is 4.90 Å². The van der Waals surface area contributed by atoms with E-state index in [4.69, 9.17) is 4.42 Å². The van der Waals surface area contributed by atoms with Crippen molar-refractivity contribution in [3.8, 4) is 11.1 Å². The predicted octanol–water partition coefficient (Wildman–Crippen LogP) is 14.7. The summed E-state index contributed by atoms with van der Waals surface area (Å²) < 4.78 is 6.49. The highest BCUT2D eigenvalue weighted by Gasteiger charge is 2.40. The molecule has 3 aliphatic rings. The Kier molecular flexibility index (Phi) is 8.43. The van der Waals surface area contributed by atoms with Gasteiger partial charge in [0.2, 0.25) is 0 Å². The summed E-state index contributed by atoms with van der Waals surface area (Å²) in [7, 11) is 0. The van der Waals surface area contributed by atoms with Gasteiger partial charge in [-0.2, -0.15) is 0 Å². The normalized spacial score (nSPS) is 21.1. The fourth-order valence-corrected chi connectivity index (χ4v) is 10.7. The lowest BCUT2D eigenvalue weighted by Gasteiger charge is -2.37. The van der Waals surface area contributed by atoms with Gasteiger partial charge in [-0.1, -0.05) is 136 Å². The van der Waals surface area contributed by atoms with Gasteiger partial charge in [-0.25, -0.2) is 0 Å². The van der Waals surface area contributed by atoms with Crippen LogP contribution in [0.3, 0.4) is 0 Å². The summed E-state index contributed by atoms with van der Waals surface area (Å²) in [6.45, 7) is 0. The molecule has 1 aromatic heterocycles. The van der Waals surface area contributed by atoms with Crippen molar-refractivity contribution in [2.24, 2.45) is 11.8 Å². The molecule has 3 atom stereocenters. The number of benzene rings is 6. The maximum atomic E-state index is 6.49. The van der Waals surface area contributed by atoms with E-state index >= 15 is 0 Å². The van der Waals surface area contributed by atoms with Crippen LogP contribution in [0.2, 0.25) is 0 Å². The third-order valence-electron chi connectivity index (χ3n) is 13.4. The minimum absolute atomic E-state index is 0.0514. The molecule has 1 heterocycles. The van der Waals surface area contributed by atoms with E-state index in [1.165, 1.54) is 115 Å². The molecule has 2 nitrogen and oxygen atoms in total. The Morgan fingerprint density at radius 3 is 1.89 bits per heavy atom. The first kappa shape index (κ1) is 32.6. The molecule has 0 saturated heterocycles. The lowest BCUT2D eigenvalue weighted by Crippen LogP contribution is -2.29. The summed E-state index contributed by atoms with van der Waals surface area (Å²) >= 11 is 0. The fraction of sp³-hybridized carbons (Fsp3) is 0.294. The van der Waals surface area contributed by atoms with Gasteiger partial charge in [-0.05, 0) is 126 Å². The molecular formula is C51H49NO. The molecule has 3 fully saturated rings. The zero-order valence-electron chi connectivity index (χ0n) is 30.7. The molecule has 3 saturated carbocycles. The monoisotopic (exact) mass is 691 g/mol. The quantitative estimate of drug-likeness (QED) is 0.165. The van der Waals surface area contributed by atoms with Crippen molar-refractivity contribution in [2.45, 2.75) is 82.0 Å². The zero-order chi connectivity index (χ0) is 35.2. The number of anilines is 3. The van der Waals surface area contributed by atoms with Crippen molar-refractivity contribution < 1.29 is 4.42 Å². The average molecular weight is 692 g/mol. The summed E-state index contributed by atoms with van der Waals surface area (Å²) in [4.78, 5) is 2.46. The van der Waals surface area contributed by atoms with E-state index in [0.29, 0.717) is 0 Å². The molecule has 264 valence electrons. The molecule has 0 spiro atoms. The molecule has 2 heteroatoms. The second-order valence-electron chi connectivity index (χ2n) is 16.3. The van der Waals surface area contributed by atoms with Crippen LogP contribution >= 0.6 is 0 Å². The number of hydrogen-bond donors (Lipinski definition) is 0. The highest BCUT2D eigenvalue weighted by atomic mass is 16.3. The second kappa shape index (κ2) is 13.7. The van der Waals surface area contributed by atoms with Crippen LogP contribution in [0.15, 0.2) is 150 Å². The lowest BCUT2D eigenvalue weighted by atomic mass is 9.67. The third-order valence-corrected chi connectivity index (χ3v) is 13.4. The van der Waals surface area contributed by atoms with Gasteiger partial charge in [0.1, 0.15) is 11.2 Å². The Bertz CT molecular complexity index is 2330. The van der Waals surface area contributed by atoms with E-state index in [-0.39, 0.29) is 5.41 Å². The maximum absolute atomic E-state index is 6.49. The lowest BCUT2D eigenvalue weighted by molar-refractivity contribution is 0.366. The minimum Gasteiger partial charge on any atom is -0.456 e. The summed E-state index contributed by atoms with van der Waals surface area (Å²) in [5.41, 5.74) is 12.3. The highest BCUT2D eigenvalue weighted by Crippen LogP contribution is 2.53. The number of hydrogen-bond acceptors (Lipinski definition) is 2. The fourth-order valence-electron chi connectivity index (χ4n) is 10.7. The van der Waals surface area contributed by atoms with Crippen LogP contribution in [0.4, 0.5) is 17.1 Å².